The summed E-state index contributed by atoms with van der Waals surface area (Å²) < 4.78 is 16.8. The van der Waals surface area contributed by atoms with Crippen molar-refractivity contribution in [2.75, 3.05) is 13.2 Å². The third-order valence-electron chi connectivity index (χ3n) is 12.0. The average Bonchev–Trinajstić information content (AvgIpc) is 3.35. The minimum atomic E-state index is -0.802. The normalized spacial score (nSPS) is 12.8. The topological polar surface area (TPSA) is 78.9 Å². The van der Waals surface area contributed by atoms with E-state index in [4.69, 9.17) is 14.2 Å². The molecule has 0 aliphatic rings. The Morgan fingerprint density at radius 2 is 0.565 bits per heavy atom. The van der Waals surface area contributed by atoms with Gasteiger partial charge in [-0.2, -0.15) is 0 Å². The van der Waals surface area contributed by atoms with E-state index in [1.165, 1.54) is 103 Å². The van der Waals surface area contributed by atoms with E-state index in [9.17, 15) is 14.4 Å². The van der Waals surface area contributed by atoms with Gasteiger partial charge in [0.05, 0.1) is 0 Å². The van der Waals surface area contributed by atoms with Crippen molar-refractivity contribution in [2.24, 2.45) is 0 Å². The van der Waals surface area contributed by atoms with Crippen molar-refractivity contribution < 1.29 is 28.6 Å². The van der Waals surface area contributed by atoms with E-state index in [2.05, 4.69) is 118 Å². The first kappa shape index (κ1) is 65.3. The molecule has 0 aliphatic heterocycles. The van der Waals surface area contributed by atoms with Crippen molar-refractivity contribution in [1.29, 1.82) is 0 Å². The fourth-order valence-corrected chi connectivity index (χ4v) is 7.73. The number of ether oxygens (including phenoxy) is 3. The molecule has 69 heavy (non-hydrogen) atoms. The number of allylic oxidation sites excluding steroid dienone is 16. The molecule has 1 atom stereocenters. The smallest absolute Gasteiger partial charge is 0.306 e. The van der Waals surface area contributed by atoms with Crippen LogP contribution >= 0.6 is 0 Å². The van der Waals surface area contributed by atoms with Crippen molar-refractivity contribution in [1.82, 2.24) is 0 Å². The summed E-state index contributed by atoms with van der Waals surface area (Å²) in [6.45, 7) is 6.46. The molecular weight excluding hydrogens is 853 g/mol. The Kier molecular flexibility index (Phi) is 53.9. The third-order valence-corrected chi connectivity index (χ3v) is 12.0. The van der Waals surface area contributed by atoms with Crippen LogP contribution in [0.25, 0.3) is 0 Å². The molecule has 0 rings (SSSR count). The van der Waals surface area contributed by atoms with Crippen LogP contribution in [0.5, 0.6) is 0 Å². The first-order chi connectivity index (χ1) is 34.0. The highest BCUT2D eigenvalue weighted by Gasteiger charge is 2.19. The summed E-state index contributed by atoms with van der Waals surface area (Å²) in [5.74, 6) is -0.947. The van der Waals surface area contributed by atoms with Gasteiger partial charge in [0.1, 0.15) is 13.2 Å². The van der Waals surface area contributed by atoms with Crippen LogP contribution in [0.4, 0.5) is 0 Å². The second-order valence-corrected chi connectivity index (χ2v) is 18.8. The Labute approximate surface area is 426 Å². The van der Waals surface area contributed by atoms with Crippen molar-refractivity contribution >= 4 is 17.9 Å². The zero-order valence-corrected chi connectivity index (χ0v) is 45.0. The number of esters is 3. The maximum Gasteiger partial charge on any atom is 0.306 e. The maximum atomic E-state index is 12.9. The van der Waals surface area contributed by atoms with Gasteiger partial charge in [-0.25, -0.2) is 0 Å². The molecule has 0 amide bonds. The lowest BCUT2D eigenvalue weighted by Crippen LogP contribution is -2.30. The van der Waals surface area contributed by atoms with E-state index >= 15 is 0 Å². The van der Waals surface area contributed by atoms with Crippen LogP contribution in [0, 0.1) is 0 Å². The van der Waals surface area contributed by atoms with Gasteiger partial charge in [0.15, 0.2) is 6.10 Å². The number of carbonyl (C=O) groups is 3. The Morgan fingerprint density at radius 1 is 0.304 bits per heavy atom. The summed E-state index contributed by atoms with van der Waals surface area (Å²) in [6, 6.07) is 0. The van der Waals surface area contributed by atoms with Crippen LogP contribution in [0.15, 0.2) is 97.2 Å². The summed E-state index contributed by atoms with van der Waals surface area (Å²) in [7, 11) is 0. The second-order valence-electron chi connectivity index (χ2n) is 18.8. The van der Waals surface area contributed by atoms with E-state index in [1.54, 1.807) is 0 Å². The molecule has 6 heteroatoms. The molecule has 6 nitrogen and oxygen atoms in total. The van der Waals surface area contributed by atoms with Gasteiger partial charge in [-0.1, -0.05) is 221 Å². The summed E-state index contributed by atoms with van der Waals surface area (Å²) in [4.78, 5) is 38.2. The molecule has 0 spiro atoms. The fraction of sp³-hybridized carbons (Fsp3) is 0.698. The average molecular weight is 960 g/mol. The number of unbranched alkanes of at least 4 members (excludes halogenated alkanes) is 24. The minimum absolute atomic E-state index is 0.0991. The summed E-state index contributed by atoms with van der Waals surface area (Å²) in [5, 5.41) is 0. The quantitative estimate of drug-likeness (QED) is 0.0262. The van der Waals surface area contributed by atoms with Gasteiger partial charge in [0.25, 0.3) is 0 Å². The number of hydrogen-bond acceptors (Lipinski definition) is 6. The minimum Gasteiger partial charge on any atom is -0.462 e. The van der Waals surface area contributed by atoms with Gasteiger partial charge in [-0.3, -0.25) is 14.4 Å². The lowest BCUT2D eigenvalue weighted by atomic mass is 10.1. The van der Waals surface area contributed by atoms with Crippen molar-refractivity contribution in [2.45, 2.75) is 271 Å². The second kappa shape index (κ2) is 56.9. The highest BCUT2D eigenvalue weighted by molar-refractivity contribution is 5.71. The highest BCUT2D eigenvalue weighted by atomic mass is 16.6. The monoisotopic (exact) mass is 959 g/mol. The molecule has 0 aromatic rings. The standard InChI is InChI=1S/C63H106O6/c1-4-7-10-13-16-19-22-25-28-30-31-33-35-38-41-44-47-50-53-56-62(65)68-59-60(58-67-61(64)55-52-49-46-43-40-37-34-27-24-21-18-15-12-9-6-3)69-63(66)57-54-51-48-45-42-39-36-32-29-26-23-20-17-14-11-8-5-2/h9,12,16,18-19,21,25-29,31,33-34,38,41,60H,4-8,10-11,13-15,17,20,22-24,30,32,35-37,39-40,42-59H2,1-3H3/b12-9-,19-16-,21-18-,28-25-,29-26-,33-31-,34-27-,41-38-/t60-/m1/s1. The molecular formula is C63H106O6. The van der Waals surface area contributed by atoms with Gasteiger partial charge < -0.3 is 14.2 Å². The van der Waals surface area contributed by atoms with Crippen LogP contribution in [0.1, 0.15) is 265 Å². The van der Waals surface area contributed by atoms with Crippen LogP contribution in [-0.4, -0.2) is 37.2 Å². The molecule has 0 bridgehead atoms. The Balaban J connectivity index is 4.48. The van der Waals surface area contributed by atoms with Gasteiger partial charge in [0.2, 0.25) is 0 Å². The SMILES string of the molecule is CC/C=C\C/C=C\C/C=C\CCCCCCCC(=O)OC[C@H](COC(=O)CCCCC/C=C\C/C=C\C/C=C\C/C=C\CCCCC)OC(=O)CCCCCCCCC/C=C\CCCCCCCC. The van der Waals surface area contributed by atoms with Crippen LogP contribution in [0.3, 0.4) is 0 Å². The van der Waals surface area contributed by atoms with Gasteiger partial charge in [-0.05, 0) is 122 Å². The molecule has 0 radical (unpaired) electrons. The first-order valence-electron chi connectivity index (χ1n) is 28.7. The maximum absolute atomic E-state index is 12.9. The van der Waals surface area contributed by atoms with Gasteiger partial charge in [0, 0.05) is 19.3 Å². The molecule has 394 valence electrons. The van der Waals surface area contributed by atoms with Crippen LogP contribution in [0.2, 0.25) is 0 Å². The lowest BCUT2D eigenvalue weighted by molar-refractivity contribution is -0.167. The molecule has 0 saturated heterocycles. The molecule has 0 N–H and O–H groups in total. The zero-order valence-electron chi connectivity index (χ0n) is 45.0. The van der Waals surface area contributed by atoms with Crippen molar-refractivity contribution in [3.05, 3.63) is 97.2 Å². The zero-order chi connectivity index (χ0) is 50.0. The number of carbonyl (C=O) groups excluding carboxylic acids is 3. The number of hydrogen-bond donors (Lipinski definition) is 0. The summed E-state index contributed by atoms with van der Waals surface area (Å²) in [5.41, 5.74) is 0. The Bertz CT molecular complexity index is 1380. The van der Waals surface area contributed by atoms with Gasteiger partial charge in [-0.15, -0.1) is 0 Å². The van der Waals surface area contributed by atoms with Crippen LogP contribution in [-0.2, 0) is 28.6 Å². The first-order valence-corrected chi connectivity index (χ1v) is 28.7. The predicted molar refractivity (Wildman–Crippen MR) is 297 cm³/mol. The van der Waals surface area contributed by atoms with E-state index < -0.39 is 6.10 Å². The van der Waals surface area contributed by atoms with E-state index in [1.807, 2.05) is 0 Å². The molecule has 0 saturated carbocycles. The fourth-order valence-electron chi connectivity index (χ4n) is 7.73. The van der Waals surface area contributed by atoms with Crippen molar-refractivity contribution in [3.63, 3.8) is 0 Å². The van der Waals surface area contributed by atoms with E-state index in [0.29, 0.717) is 19.3 Å². The number of rotatable bonds is 51. The van der Waals surface area contributed by atoms with Crippen LogP contribution < -0.4 is 0 Å². The molecule has 0 aromatic heterocycles. The van der Waals surface area contributed by atoms with Crippen molar-refractivity contribution in [3.8, 4) is 0 Å². The summed E-state index contributed by atoms with van der Waals surface area (Å²) >= 11 is 0. The molecule has 0 fully saturated rings. The highest BCUT2D eigenvalue weighted by Crippen LogP contribution is 2.14. The largest absolute Gasteiger partial charge is 0.462 e. The molecule has 0 heterocycles. The van der Waals surface area contributed by atoms with E-state index in [0.717, 1.165) is 122 Å². The Hall–Kier alpha value is -3.67. The predicted octanol–water partition coefficient (Wildman–Crippen LogP) is 19.3. The van der Waals surface area contributed by atoms with E-state index in [-0.39, 0.29) is 31.1 Å². The Morgan fingerprint density at radius 3 is 0.942 bits per heavy atom. The lowest BCUT2D eigenvalue weighted by Gasteiger charge is -2.18. The third kappa shape index (κ3) is 55.1. The molecule has 0 aliphatic carbocycles. The summed E-state index contributed by atoms with van der Waals surface area (Å²) in [6.07, 6.45) is 75.3. The molecule has 0 aromatic carbocycles. The molecule has 0 unspecified atom stereocenters. The van der Waals surface area contributed by atoms with Gasteiger partial charge >= 0.3 is 17.9 Å².